The first-order chi connectivity index (χ1) is 9.43. The van der Waals surface area contributed by atoms with Crippen molar-refractivity contribution in [3.05, 3.63) is 52.5 Å². The predicted molar refractivity (Wildman–Crippen MR) is 77.1 cm³/mol. The minimum Gasteiger partial charge on any atom is -0.373 e. The number of hydrogen-bond donors (Lipinski definition) is 1. The van der Waals surface area contributed by atoms with Gasteiger partial charge >= 0.3 is 0 Å². The normalized spacial score (nSPS) is 22.7. The molecule has 3 rings (SSSR count). The molecule has 0 amide bonds. The fourth-order valence-corrected chi connectivity index (χ4v) is 3.12. The lowest BCUT2D eigenvalue weighted by Crippen LogP contribution is -2.24. The Hall–Kier alpha value is -1.23. The molecule has 1 aromatic carbocycles. The van der Waals surface area contributed by atoms with Gasteiger partial charge in [-0.15, -0.1) is 11.3 Å². The quantitative estimate of drug-likeness (QED) is 0.910. The van der Waals surface area contributed by atoms with Crippen LogP contribution in [-0.2, 0) is 11.3 Å². The second-order valence-electron chi connectivity index (χ2n) is 4.86. The first kappa shape index (κ1) is 12.8. The van der Waals surface area contributed by atoms with E-state index in [-0.39, 0.29) is 6.10 Å². The Morgan fingerprint density at radius 2 is 2.21 bits per heavy atom. The monoisotopic (exact) mass is 274 g/mol. The molecule has 0 saturated carbocycles. The second kappa shape index (κ2) is 6.28. The Morgan fingerprint density at radius 3 is 3.00 bits per heavy atom. The Balaban J connectivity index is 1.55. The van der Waals surface area contributed by atoms with Gasteiger partial charge in [0.05, 0.1) is 17.3 Å². The number of ether oxygens (including phenoxy) is 1. The fraction of sp³-hybridized carbons (Fsp3) is 0.400. The van der Waals surface area contributed by atoms with Crippen molar-refractivity contribution in [2.24, 2.45) is 5.92 Å². The maximum atomic E-state index is 5.89. The van der Waals surface area contributed by atoms with Crippen molar-refractivity contribution < 1.29 is 4.74 Å². The number of nitrogens with zero attached hydrogens (tertiary/aromatic N) is 1. The summed E-state index contributed by atoms with van der Waals surface area (Å²) in [7, 11) is 0. The van der Waals surface area contributed by atoms with Crippen molar-refractivity contribution in [2.75, 3.05) is 13.2 Å². The van der Waals surface area contributed by atoms with Crippen LogP contribution in [0.3, 0.4) is 0 Å². The van der Waals surface area contributed by atoms with E-state index in [1.807, 2.05) is 11.6 Å². The molecule has 0 radical (unpaired) electrons. The molecule has 2 heterocycles. The van der Waals surface area contributed by atoms with Gasteiger partial charge in [-0.1, -0.05) is 30.3 Å². The van der Waals surface area contributed by atoms with Crippen LogP contribution in [0.2, 0.25) is 0 Å². The van der Waals surface area contributed by atoms with Crippen molar-refractivity contribution in [2.45, 2.75) is 19.1 Å². The van der Waals surface area contributed by atoms with E-state index >= 15 is 0 Å². The highest BCUT2D eigenvalue weighted by molar-refractivity contribution is 7.07. The van der Waals surface area contributed by atoms with Crippen LogP contribution in [0.15, 0.2) is 41.2 Å². The van der Waals surface area contributed by atoms with Crippen molar-refractivity contribution in [1.29, 1.82) is 0 Å². The van der Waals surface area contributed by atoms with E-state index in [4.69, 9.17) is 4.74 Å². The summed E-state index contributed by atoms with van der Waals surface area (Å²) in [6.45, 7) is 2.70. The average Bonchev–Trinajstić information content (AvgIpc) is 3.11. The van der Waals surface area contributed by atoms with Gasteiger partial charge in [0.15, 0.2) is 0 Å². The van der Waals surface area contributed by atoms with Gasteiger partial charge in [0.25, 0.3) is 0 Å². The third-order valence-electron chi connectivity index (χ3n) is 3.54. The number of nitrogens with one attached hydrogen (secondary N) is 1. The third kappa shape index (κ3) is 3.21. The van der Waals surface area contributed by atoms with Crippen molar-refractivity contribution in [1.82, 2.24) is 10.3 Å². The molecular formula is C15H18N2OS. The number of rotatable bonds is 5. The first-order valence-corrected chi connectivity index (χ1v) is 7.62. The van der Waals surface area contributed by atoms with Gasteiger partial charge in [-0.05, 0) is 12.0 Å². The summed E-state index contributed by atoms with van der Waals surface area (Å²) in [5, 5.41) is 5.58. The molecule has 0 unspecified atom stereocenters. The molecule has 3 nitrogen and oxygen atoms in total. The third-order valence-corrected chi connectivity index (χ3v) is 4.17. The molecule has 1 aliphatic heterocycles. The van der Waals surface area contributed by atoms with Crippen LogP contribution in [0.5, 0.6) is 0 Å². The van der Waals surface area contributed by atoms with Crippen LogP contribution in [0.4, 0.5) is 0 Å². The Labute approximate surface area is 117 Å². The van der Waals surface area contributed by atoms with E-state index in [1.54, 1.807) is 11.3 Å². The minimum atomic E-state index is 0.240. The molecule has 0 aliphatic carbocycles. The van der Waals surface area contributed by atoms with Crippen LogP contribution in [0, 0.1) is 5.92 Å². The lowest BCUT2D eigenvalue weighted by atomic mass is 9.95. The summed E-state index contributed by atoms with van der Waals surface area (Å²) in [6, 6.07) is 10.5. The summed E-state index contributed by atoms with van der Waals surface area (Å²) >= 11 is 1.64. The zero-order chi connectivity index (χ0) is 12.9. The number of aromatic nitrogens is 1. The molecule has 1 fully saturated rings. The molecule has 0 bridgehead atoms. The van der Waals surface area contributed by atoms with E-state index in [9.17, 15) is 0 Å². The van der Waals surface area contributed by atoms with Crippen LogP contribution < -0.4 is 5.32 Å². The highest BCUT2D eigenvalue weighted by atomic mass is 32.1. The Kier molecular flexibility index (Phi) is 4.23. The molecule has 1 aliphatic rings. The molecule has 1 aromatic heterocycles. The van der Waals surface area contributed by atoms with Crippen molar-refractivity contribution >= 4 is 11.3 Å². The molecule has 19 heavy (non-hydrogen) atoms. The predicted octanol–water partition coefficient (Wildman–Crippen LogP) is 3.01. The SMILES string of the molecule is c1ccc([C@H]2OCC[C@@H]2CNCc2cscn2)cc1. The van der Waals surface area contributed by atoms with Crippen LogP contribution in [-0.4, -0.2) is 18.1 Å². The summed E-state index contributed by atoms with van der Waals surface area (Å²) < 4.78 is 5.89. The molecule has 0 spiro atoms. The van der Waals surface area contributed by atoms with Crippen LogP contribution >= 0.6 is 11.3 Å². The molecule has 1 saturated heterocycles. The highest BCUT2D eigenvalue weighted by Gasteiger charge is 2.28. The molecule has 1 N–H and O–H groups in total. The highest BCUT2D eigenvalue weighted by Crippen LogP contribution is 2.33. The summed E-state index contributed by atoms with van der Waals surface area (Å²) in [6.07, 6.45) is 1.37. The number of thiazole rings is 1. The molecule has 100 valence electrons. The Bertz CT molecular complexity index is 486. The summed E-state index contributed by atoms with van der Waals surface area (Å²) in [4.78, 5) is 4.28. The average molecular weight is 274 g/mol. The fourth-order valence-electron chi connectivity index (χ4n) is 2.56. The van der Waals surface area contributed by atoms with Gasteiger partial charge in [0, 0.05) is 31.0 Å². The summed E-state index contributed by atoms with van der Waals surface area (Å²) in [5.41, 5.74) is 4.29. The number of hydrogen-bond acceptors (Lipinski definition) is 4. The maximum absolute atomic E-state index is 5.89. The van der Waals surface area contributed by atoms with Gasteiger partial charge in [0.2, 0.25) is 0 Å². The maximum Gasteiger partial charge on any atom is 0.0866 e. The second-order valence-corrected chi connectivity index (χ2v) is 5.58. The van der Waals surface area contributed by atoms with Crippen molar-refractivity contribution in [3.8, 4) is 0 Å². The van der Waals surface area contributed by atoms with Crippen molar-refractivity contribution in [3.63, 3.8) is 0 Å². The lowest BCUT2D eigenvalue weighted by Gasteiger charge is -2.19. The lowest BCUT2D eigenvalue weighted by molar-refractivity contribution is 0.0904. The number of benzene rings is 1. The van der Waals surface area contributed by atoms with Gasteiger partial charge in [-0.2, -0.15) is 0 Å². The van der Waals surface area contributed by atoms with E-state index in [0.717, 1.165) is 31.8 Å². The van der Waals surface area contributed by atoms with E-state index in [2.05, 4.69) is 39.9 Å². The van der Waals surface area contributed by atoms with Gasteiger partial charge < -0.3 is 10.1 Å². The molecular weight excluding hydrogens is 256 g/mol. The topological polar surface area (TPSA) is 34.1 Å². The minimum absolute atomic E-state index is 0.240. The molecule has 2 aromatic rings. The van der Waals surface area contributed by atoms with E-state index in [0.29, 0.717) is 5.92 Å². The zero-order valence-electron chi connectivity index (χ0n) is 10.8. The van der Waals surface area contributed by atoms with Crippen LogP contribution in [0.25, 0.3) is 0 Å². The first-order valence-electron chi connectivity index (χ1n) is 6.68. The Morgan fingerprint density at radius 1 is 1.32 bits per heavy atom. The van der Waals surface area contributed by atoms with Gasteiger partial charge in [-0.25, -0.2) is 4.98 Å². The molecule has 4 heteroatoms. The standard InChI is InChI=1S/C15H18N2OS/c1-2-4-12(5-3-1)15-13(6-7-18-15)8-16-9-14-10-19-11-17-14/h1-5,10-11,13,15-16H,6-9H2/t13-,15-/m1/s1. The van der Waals surface area contributed by atoms with Crippen LogP contribution in [0.1, 0.15) is 23.8 Å². The zero-order valence-corrected chi connectivity index (χ0v) is 11.6. The van der Waals surface area contributed by atoms with Gasteiger partial charge in [-0.3, -0.25) is 0 Å². The smallest absolute Gasteiger partial charge is 0.0866 e. The largest absolute Gasteiger partial charge is 0.373 e. The summed E-state index contributed by atoms with van der Waals surface area (Å²) in [5.74, 6) is 0.557. The van der Waals surface area contributed by atoms with E-state index in [1.165, 1.54) is 5.56 Å². The van der Waals surface area contributed by atoms with E-state index < -0.39 is 0 Å². The molecule has 2 atom stereocenters. The van der Waals surface area contributed by atoms with Gasteiger partial charge in [0.1, 0.15) is 0 Å².